The summed E-state index contributed by atoms with van der Waals surface area (Å²) in [6, 6.07) is 10.6. The van der Waals surface area contributed by atoms with Gasteiger partial charge in [-0.05, 0) is 35.9 Å². The van der Waals surface area contributed by atoms with Gasteiger partial charge in [0.25, 0.3) is 0 Å². The third kappa shape index (κ3) is 2.60. The van der Waals surface area contributed by atoms with Gasteiger partial charge in [-0.3, -0.25) is 4.98 Å². The zero-order valence-electron chi connectivity index (χ0n) is 10.3. The highest BCUT2D eigenvalue weighted by molar-refractivity contribution is 6.30. The number of hydrogen-bond acceptors (Lipinski definition) is 4. The molecule has 2 aromatic rings. The van der Waals surface area contributed by atoms with E-state index in [4.69, 9.17) is 16.3 Å². The maximum absolute atomic E-state index is 11.8. The molecule has 4 nitrogen and oxygen atoms in total. The molecule has 5 heteroatoms. The molecule has 0 saturated heterocycles. The molecule has 1 aromatic heterocycles. The first-order chi connectivity index (χ1) is 9.72. The van der Waals surface area contributed by atoms with E-state index in [0.29, 0.717) is 10.6 Å². The monoisotopic (exact) mass is 284 g/mol. The predicted octanol–water partition coefficient (Wildman–Crippen LogP) is 3.08. The number of aromatic nitrogens is 1. The fourth-order valence-corrected chi connectivity index (χ4v) is 1.98. The van der Waals surface area contributed by atoms with Crippen LogP contribution >= 0.6 is 11.6 Å². The van der Waals surface area contributed by atoms with Crippen LogP contribution in [0.3, 0.4) is 0 Å². The average Bonchev–Trinajstić information content (AvgIpc) is 2.81. The molecule has 0 unspecified atom stereocenters. The van der Waals surface area contributed by atoms with Crippen LogP contribution in [-0.4, -0.2) is 16.9 Å². The van der Waals surface area contributed by atoms with Crippen LogP contribution < -0.4 is 0 Å². The van der Waals surface area contributed by atoms with Crippen LogP contribution in [0.25, 0.3) is 6.08 Å². The molecule has 1 aliphatic heterocycles. The number of ether oxygens (including phenoxy) is 1. The van der Waals surface area contributed by atoms with Crippen molar-refractivity contribution in [2.24, 2.45) is 4.99 Å². The molecule has 0 amide bonds. The Morgan fingerprint density at radius 1 is 1.15 bits per heavy atom. The van der Waals surface area contributed by atoms with E-state index in [1.165, 1.54) is 0 Å². The summed E-state index contributed by atoms with van der Waals surface area (Å²) in [5.41, 5.74) is 1.76. The van der Waals surface area contributed by atoms with E-state index in [0.717, 1.165) is 5.56 Å². The second-order valence-corrected chi connectivity index (χ2v) is 4.56. The van der Waals surface area contributed by atoms with E-state index < -0.39 is 5.97 Å². The number of halogens is 1. The van der Waals surface area contributed by atoms with E-state index in [9.17, 15) is 4.79 Å². The van der Waals surface area contributed by atoms with Gasteiger partial charge in [0.1, 0.15) is 0 Å². The summed E-state index contributed by atoms with van der Waals surface area (Å²) in [7, 11) is 0. The lowest BCUT2D eigenvalue weighted by atomic mass is 10.2. The number of esters is 1. The lowest BCUT2D eigenvalue weighted by Crippen LogP contribution is -2.05. The highest BCUT2D eigenvalue weighted by atomic mass is 35.5. The quantitative estimate of drug-likeness (QED) is 0.629. The SMILES string of the molecule is O=C1OC(c2ccncc2)=N/C1=C/c1cccc(Cl)c1. The third-order valence-corrected chi connectivity index (χ3v) is 2.93. The van der Waals surface area contributed by atoms with Crippen molar-refractivity contribution in [2.45, 2.75) is 0 Å². The maximum atomic E-state index is 11.8. The lowest BCUT2D eigenvalue weighted by molar-refractivity contribution is -0.129. The van der Waals surface area contributed by atoms with Crippen LogP contribution in [-0.2, 0) is 9.53 Å². The number of rotatable bonds is 2. The minimum absolute atomic E-state index is 0.249. The molecule has 1 aromatic carbocycles. The Morgan fingerprint density at radius 2 is 1.95 bits per heavy atom. The molecule has 20 heavy (non-hydrogen) atoms. The first-order valence-corrected chi connectivity index (χ1v) is 6.29. The summed E-state index contributed by atoms with van der Waals surface area (Å²) >= 11 is 5.90. The van der Waals surface area contributed by atoms with Gasteiger partial charge in [-0.15, -0.1) is 0 Å². The van der Waals surface area contributed by atoms with Crippen molar-refractivity contribution >= 4 is 29.5 Å². The van der Waals surface area contributed by atoms with Crippen molar-refractivity contribution in [2.75, 3.05) is 0 Å². The van der Waals surface area contributed by atoms with Crippen molar-refractivity contribution in [3.05, 3.63) is 70.6 Å². The van der Waals surface area contributed by atoms with Crippen LogP contribution in [0, 0.1) is 0 Å². The van der Waals surface area contributed by atoms with E-state index in [1.54, 1.807) is 42.7 Å². The topological polar surface area (TPSA) is 51.5 Å². The van der Waals surface area contributed by atoms with Gasteiger partial charge in [-0.25, -0.2) is 9.79 Å². The Labute approximate surface area is 120 Å². The number of nitrogens with zero attached hydrogens (tertiary/aromatic N) is 2. The molecule has 0 fully saturated rings. The van der Waals surface area contributed by atoms with Gasteiger partial charge in [0.2, 0.25) is 5.90 Å². The molecule has 3 rings (SSSR count). The molecule has 0 N–H and O–H groups in total. The third-order valence-electron chi connectivity index (χ3n) is 2.70. The number of cyclic esters (lactones) is 1. The molecule has 0 atom stereocenters. The predicted molar refractivity (Wildman–Crippen MR) is 76.3 cm³/mol. The average molecular weight is 285 g/mol. The zero-order valence-corrected chi connectivity index (χ0v) is 11.0. The van der Waals surface area contributed by atoms with Crippen LogP contribution in [0.5, 0.6) is 0 Å². The van der Waals surface area contributed by atoms with Crippen molar-refractivity contribution in [3.8, 4) is 0 Å². The number of aliphatic imine (C=N–C) groups is 1. The van der Waals surface area contributed by atoms with Crippen molar-refractivity contribution in [1.82, 2.24) is 4.98 Å². The Hall–Kier alpha value is -2.46. The first kappa shape index (κ1) is 12.6. The normalized spacial score (nSPS) is 16.1. The fourth-order valence-electron chi connectivity index (χ4n) is 1.78. The van der Waals surface area contributed by atoms with Crippen molar-refractivity contribution in [1.29, 1.82) is 0 Å². The summed E-state index contributed by atoms with van der Waals surface area (Å²) in [5.74, 6) is -0.192. The van der Waals surface area contributed by atoms with Crippen LogP contribution in [0.2, 0.25) is 5.02 Å². The maximum Gasteiger partial charge on any atom is 0.363 e. The number of pyridine rings is 1. The van der Waals surface area contributed by atoms with E-state index in [-0.39, 0.29) is 11.6 Å². The molecule has 0 saturated carbocycles. The summed E-state index contributed by atoms with van der Waals surface area (Å²) in [4.78, 5) is 19.9. The Balaban J connectivity index is 1.95. The van der Waals surface area contributed by atoms with Gasteiger partial charge in [-0.2, -0.15) is 0 Å². The second kappa shape index (κ2) is 5.27. The minimum Gasteiger partial charge on any atom is -0.402 e. The second-order valence-electron chi connectivity index (χ2n) is 4.13. The van der Waals surface area contributed by atoms with Gasteiger partial charge in [0, 0.05) is 23.0 Å². The molecular formula is C15H9ClN2O2. The molecule has 0 radical (unpaired) electrons. The Morgan fingerprint density at radius 3 is 2.70 bits per heavy atom. The van der Waals surface area contributed by atoms with E-state index in [2.05, 4.69) is 9.98 Å². The number of benzene rings is 1. The molecule has 2 heterocycles. The highest BCUT2D eigenvalue weighted by Gasteiger charge is 2.23. The Kier molecular flexibility index (Phi) is 3.31. The van der Waals surface area contributed by atoms with Gasteiger partial charge in [-0.1, -0.05) is 23.7 Å². The van der Waals surface area contributed by atoms with Gasteiger partial charge in [0.05, 0.1) is 0 Å². The summed E-state index contributed by atoms with van der Waals surface area (Å²) < 4.78 is 5.14. The summed E-state index contributed by atoms with van der Waals surface area (Å²) in [5, 5.41) is 0.601. The smallest absolute Gasteiger partial charge is 0.363 e. The van der Waals surface area contributed by atoms with Gasteiger partial charge >= 0.3 is 5.97 Å². The lowest BCUT2D eigenvalue weighted by Gasteiger charge is -1.96. The summed E-state index contributed by atoms with van der Waals surface area (Å²) in [6.45, 7) is 0. The Bertz CT molecular complexity index is 724. The first-order valence-electron chi connectivity index (χ1n) is 5.91. The van der Waals surface area contributed by atoms with Gasteiger partial charge in [0.15, 0.2) is 5.70 Å². The molecule has 0 spiro atoms. The van der Waals surface area contributed by atoms with Crippen LogP contribution in [0.15, 0.2) is 59.5 Å². The number of hydrogen-bond donors (Lipinski definition) is 0. The van der Waals surface area contributed by atoms with Crippen molar-refractivity contribution < 1.29 is 9.53 Å². The molecule has 98 valence electrons. The zero-order chi connectivity index (χ0) is 13.9. The molecule has 0 aliphatic carbocycles. The minimum atomic E-state index is -0.475. The fraction of sp³-hybridized carbons (Fsp3) is 0. The van der Waals surface area contributed by atoms with Crippen LogP contribution in [0.1, 0.15) is 11.1 Å². The number of carbonyl (C=O) groups excluding carboxylic acids is 1. The van der Waals surface area contributed by atoms with Crippen LogP contribution in [0.4, 0.5) is 0 Å². The van der Waals surface area contributed by atoms with Crippen molar-refractivity contribution in [3.63, 3.8) is 0 Å². The molecule has 0 bridgehead atoms. The summed E-state index contributed by atoms with van der Waals surface area (Å²) in [6.07, 6.45) is 4.87. The molecule has 1 aliphatic rings. The highest BCUT2D eigenvalue weighted by Crippen LogP contribution is 2.20. The van der Waals surface area contributed by atoms with E-state index >= 15 is 0 Å². The number of carbonyl (C=O) groups is 1. The molecular weight excluding hydrogens is 276 g/mol. The largest absolute Gasteiger partial charge is 0.402 e. The van der Waals surface area contributed by atoms with Gasteiger partial charge < -0.3 is 4.74 Å². The van der Waals surface area contributed by atoms with E-state index in [1.807, 2.05) is 12.1 Å². The standard InChI is InChI=1S/C15H9ClN2O2/c16-12-3-1-2-10(8-12)9-13-15(19)20-14(18-13)11-4-6-17-7-5-11/h1-9H/b13-9+.